The molecule has 3 aromatic rings. The standard InChI is InChI=1S/C30H39N9O6/c1-3-4-14-44-30(43)38-12-10-37(11-13-38)27(40)18-31-29(42)24-17-25(22-8-7-20(2)15-23(22)32-24)45-19-28(41)39-9-5-6-21(39)16-26-33-35-36-34-26/h7-8,15,17,21H,3-6,9-14,16,18-19H2,1-2H3,(H,31,42)(H,33,34,35,36)/t21-/m0/s1. The fourth-order valence-corrected chi connectivity index (χ4v) is 5.51. The minimum atomic E-state index is -0.541. The molecule has 2 saturated heterocycles. The molecule has 0 radical (unpaired) electrons. The van der Waals surface area contributed by atoms with Gasteiger partial charge >= 0.3 is 6.09 Å². The van der Waals surface area contributed by atoms with Crippen LogP contribution in [0.1, 0.15) is 54.5 Å². The quantitative estimate of drug-likeness (QED) is 0.298. The largest absolute Gasteiger partial charge is 0.483 e. The van der Waals surface area contributed by atoms with Crippen LogP contribution in [0.4, 0.5) is 4.79 Å². The molecule has 0 saturated carbocycles. The summed E-state index contributed by atoms with van der Waals surface area (Å²) in [5, 5.41) is 17.4. The van der Waals surface area contributed by atoms with E-state index in [1.165, 1.54) is 6.07 Å². The summed E-state index contributed by atoms with van der Waals surface area (Å²) in [5.74, 6) is -0.0810. The molecular formula is C30H39N9O6. The number of nitrogens with one attached hydrogen (secondary N) is 2. The molecule has 2 N–H and O–H groups in total. The number of nitrogens with zero attached hydrogens (tertiary/aromatic N) is 7. The number of pyridine rings is 1. The number of carbonyl (C=O) groups excluding carboxylic acids is 4. The predicted molar refractivity (Wildman–Crippen MR) is 161 cm³/mol. The average Bonchev–Trinajstić information content (AvgIpc) is 3.74. The number of hydrogen-bond acceptors (Lipinski definition) is 10. The molecule has 1 aromatic carbocycles. The van der Waals surface area contributed by atoms with E-state index in [1.807, 2.05) is 32.0 Å². The minimum absolute atomic E-state index is 0.0444. The first-order valence-electron chi connectivity index (χ1n) is 15.4. The van der Waals surface area contributed by atoms with Crippen molar-refractivity contribution < 1.29 is 28.7 Å². The second kappa shape index (κ2) is 14.8. The van der Waals surface area contributed by atoms with E-state index in [0.717, 1.165) is 31.2 Å². The molecular weight excluding hydrogens is 582 g/mol. The van der Waals surface area contributed by atoms with Crippen molar-refractivity contribution in [2.75, 3.05) is 52.5 Å². The van der Waals surface area contributed by atoms with Crippen molar-refractivity contribution in [3.05, 3.63) is 41.3 Å². The van der Waals surface area contributed by atoms with Gasteiger partial charge < -0.3 is 29.5 Å². The number of amides is 4. The maximum Gasteiger partial charge on any atom is 0.409 e. The van der Waals surface area contributed by atoms with Gasteiger partial charge in [-0.05, 0) is 43.9 Å². The van der Waals surface area contributed by atoms with Crippen LogP contribution < -0.4 is 10.1 Å². The van der Waals surface area contributed by atoms with Crippen LogP contribution in [-0.4, -0.2) is 123 Å². The van der Waals surface area contributed by atoms with Crippen LogP contribution in [0, 0.1) is 6.92 Å². The molecule has 0 spiro atoms. The highest BCUT2D eigenvalue weighted by molar-refractivity contribution is 5.98. The van der Waals surface area contributed by atoms with Gasteiger partial charge in [-0.1, -0.05) is 24.6 Å². The zero-order chi connectivity index (χ0) is 31.8. The molecule has 240 valence electrons. The van der Waals surface area contributed by atoms with Gasteiger partial charge in [-0.3, -0.25) is 14.4 Å². The van der Waals surface area contributed by atoms with Crippen molar-refractivity contribution in [3.8, 4) is 5.75 Å². The Morgan fingerprint density at radius 3 is 2.60 bits per heavy atom. The van der Waals surface area contributed by atoms with Crippen molar-refractivity contribution in [2.24, 2.45) is 0 Å². The van der Waals surface area contributed by atoms with Crippen molar-refractivity contribution >= 4 is 34.7 Å². The van der Waals surface area contributed by atoms with Crippen molar-refractivity contribution in [1.82, 2.24) is 45.6 Å². The van der Waals surface area contributed by atoms with Gasteiger partial charge in [-0.2, -0.15) is 5.21 Å². The number of benzene rings is 1. The minimum Gasteiger partial charge on any atom is -0.483 e. The van der Waals surface area contributed by atoms with E-state index in [9.17, 15) is 19.2 Å². The molecule has 2 aromatic heterocycles. The molecule has 2 aliphatic heterocycles. The maximum absolute atomic E-state index is 13.2. The number of hydrogen-bond donors (Lipinski definition) is 2. The number of ether oxygens (including phenoxy) is 2. The van der Waals surface area contributed by atoms with E-state index < -0.39 is 5.91 Å². The molecule has 5 rings (SSSR count). The molecule has 0 aliphatic carbocycles. The van der Waals surface area contributed by atoms with Crippen LogP contribution in [0.2, 0.25) is 0 Å². The molecule has 1 atom stereocenters. The number of aromatic amines is 1. The van der Waals surface area contributed by atoms with Crippen molar-refractivity contribution in [3.63, 3.8) is 0 Å². The van der Waals surface area contributed by atoms with E-state index in [2.05, 4.69) is 30.9 Å². The zero-order valence-electron chi connectivity index (χ0n) is 25.7. The number of fused-ring (bicyclic) bond motifs is 1. The lowest BCUT2D eigenvalue weighted by Crippen LogP contribution is -2.52. The molecule has 15 heteroatoms. The van der Waals surface area contributed by atoms with E-state index in [-0.39, 0.29) is 42.8 Å². The Bertz CT molecular complexity index is 1510. The smallest absolute Gasteiger partial charge is 0.409 e. The number of likely N-dealkylation sites (tertiary alicyclic amines) is 1. The predicted octanol–water partition coefficient (Wildman–Crippen LogP) is 1.48. The van der Waals surface area contributed by atoms with Crippen molar-refractivity contribution in [1.29, 1.82) is 0 Å². The Kier molecular flexibility index (Phi) is 10.4. The third-order valence-electron chi connectivity index (χ3n) is 8.03. The van der Waals surface area contributed by atoms with Gasteiger partial charge in [-0.25, -0.2) is 9.78 Å². The SMILES string of the molecule is CCCCOC(=O)N1CCN(C(=O)CNC(=O)c2cc(OCC(=O)N3CCC[C@H]3Cc3nn[nH]n3)c3ccc(C)cc3n2)CC1. The summed E-state index contributed by atoms with van der Waals surface area (Å²) in [5.41, 5.74) is 1.55. The molecule has 4 heterocycles. The monoisotopic (exact) mass is 621 g/mol. The lowest BCUT2D eigenvalue weighted by atomic mass is 10.1. The van der Waals surface area contributed by atoms with E-state index in [0.29, 0.717) is 68.2 Å². The topological polar surface area (TPSA) is 176 Å². The Morgan fingerprint density at radius 1 is 1.04 bits per heavy atom. The summed E-state index contributed by atoms with van der Waals surface area (Å²) in [6, 6.07) is 7.03. The molecule has 45 heavy (non-hydrogen) atoms. The van der Waals surface area contributed by atoms with Gasteiger partial charge in [0.05, 0.1) is 18.7 Å². The highest BCUT2D eigenvalue weighted by atomic mass is 16.6. The number of carbonyl (C=O) groups is 4. The highest BCUT2D eigenvalue weighted by Crippen LogP contribution is 2.27. The maximum atomic E-state index is 13.2. The van der Waals surface area contributed by atoms with Crippen molar-refractivity contribution in [2.45, 2.75) is 52.0 Å². The lowest BCUT2D eigenvalue weighted by molar-refractivity contribution is -0.134. The summed E-state index contributed by atoms with van der Waals surface area (Å²) in [6.07, 6.45) is 3.59. The van der Waals surface area contributed by atoms with Crippen LogP contribution >= 0.6 is 0 Å². The number of aromatic nitrogens is 5. The van der Waals surface area contributed by atoms with E-state index in [1.54, 1.807) is 14.7 Å². The number of unbranched alkanes of at least 4 members (excludes halogenated alkanes) is 1. The normalized spacial score (nSPS) is 16.6. The zero-order valence-corrected chi connectivity index (χ0v) is 25.7. The highest BCUT2D eigenvalue weighted by Gasteiger charge is 2.30. The average molecular weight is 622 g/mol. The van der Waals surface area contributed by atoms with Crippen LogP contribution in [0.25, 0.3) is 10.9 Å². The van der Waals surface area contributed by atoms with E-state index >= 15 is 0 Å². The number of aryl methyl sites for hydroxylation is 1. The van der Waals surface area contributed by atoms with Gasteiger partial charge in [0.1, 0.15) is 11.4 Å². The number of H-pyrrole nitrogens is 1. The van der Waals surface area contributed by atoms with Gasteiger partial charge in [0.25, 0.3) is 11.8 Å². The second-order valence-corrected chi connectivity index (χ2v) is 11.2. The van der Waals surface area contributed by atoms with Crippen LogP contribution in [0.3, 0.4) is 0 Å². The van der Waals surface area contributed by atoms with Crippen LogP contribution in [0.15, 0.2) is 24.3 Å². The molecule has 0 unspecified atom stereocenters. The Morgan fingerprint density at radius 2 is 1.84 bits per heavy atom. The fraction of sp³-hybridized carbons (Fsp3) is 0.533. The number of rotatable bonds is 11. The first-order chi connectivity index (χ1) is 21.8. The fourth-order valence-electron chi connectivity index (χ4n) is 5.51. The van der Waals surface area contributed by atoms with Gasteiger partial charge in [-0.15, -0.1) is 10.2 Å². The Labute approximate surface area is 260 Å². The second-order valence-electron chi connectivity index (χ2n) is 11.2. The summed E-state index contributed by atoms with van der Waals surface area (Å²) >= 11 is 0. The first kappa shape index (κ1) is 31.6. The first-order valence-corrected chi connectivity index (χ1v) is 15.4. The Hall–Kier alpha value is -4.82. The lowest BCUT2D eigenvalue weighted by Gasteiger charge is -2.34. The molecule has 15 nitrogen and oxygen atoms in total. The summed E-state index contributed by atoms with van der Waals surface area (Å²) in [6.45, 7) is 5.93. The number of tetrazole rings is 1. The summed E-state index contributed by atoms with van der Waals surface area (Å²) in [7, 11) is 0. The summed E-state index contributed by atoms with van der Waals surface area (Å²) < 4.78 is 11.3. The van der Waals surface area contributed by atoms with Gasteiger partial charge in [0.15, 0.2) is 12.4 Å². The van der Waals surface area contributed by atoms with Crippen LogP contribution in [0.5, 0.6) is 5.75 Å². The number of piperazine rings is 1. The van der Waals surface area contributed by atoms with Gasteiger partial charge in [0.2, 0.25) is 5.91 Å². The Balaban J connectivity index is 1.18. The van der Waals surface area contributed by atoms with Crippen LogP contribution in [-0.2, 0) is 20.7 Å². The molecule has 2 aliphatic rings. The third-order valence-corrected chi connectivity index (χ3v) is 8.03. The van der Waals surface area contributed by atoms with Gasteiger partial charge in [0, 0.05) is 56.6 Å². The summed E-state index contributed by atoms with van der Waals surface area (Å²) in [4.78, 5) is 60.9. The molecule has 4 amide bonds. The van der Waals surface area contributed by atoms with E-state index in [4.69, 9.17) is 9.47 Å². The molecule has 2 fully saturated rings. The third kappa shape index (κ3) is 8.02. The molecule has 0 bridgehead atoms.